The third-order valence-electron chi connectivity index (χ3n) is 2.40. The van der Waals surface area contributed by atoms with Crippen LogP contribution in [0.15, 0.2) is 36.4 Å². The number of benzene rings is 2. The van der Waals surface area contributed by atoms with Crippen LogP contribution < -0.4 is 4.74 Å². The number of ether oxygens (including phenoxy) is 1. The van der Waals surface area contributed by atoms with Gasteiger partial charge in [-0.2, -0.15) is 8.78 Å². The first-order valence-corrected chi connectivity index (χ1v) is 5.93. The predicted molar refractivity (Wildman–Crippen MR) is 68.5 cm³/mol. The molecule has 2 rings (SSSR count). The van der Waals surface area contributed by atoms with Gasteiger partial charge in [0, 0.05) is 11.1 Å². The van der Waals surface area contributed by atoms with Gasteiger partial charge < -0.3 is 4.74 Å². The number of hydrogen-bond acceptors (Lipinski definition) is 1. The van der Waals surface area contributed by atoms with E-state index in [4.69, 9.17) is 23.2 Å². The summed E-state index contributed by atoms with van der Waals surface area (Å²) in [6, 6.07) is 7.97. The first-order valence-electron chi connectivity index (χ1n) is 5.18. The van der Waals surface area contributed by atoms with Crippen LogP contribution in [-0.2, 0) is 0 Å². The van der Waals surface area contributed by atoms with Crippen molar-refractivity contribution in [1.29, 1.82) is 0 Å². The van der Waals surface area contributed by atoms with Crippen LogP contribution in [0.4, 0.5) is 13.2 Å². The molecule has 100 valence electrons. The Kier molecular flexibility index (Phi) is 4.22. The van der Waals surface area contributed by atoms with E-state index in [-0.39, 0.29) is 21.4 Å². The molecule has 0 amide bonds. The summed E-state index contributed by atoms with van der Waals surface area (Å²) in [6.45, 7) is -2.98. The van der Waals surface area contributed by atoms with Crippen LogP contribution in [0.25, 0.3) is 11.1 Å². The molecule has 0 spiro atoms. The molecule has 0 aromatic heterocycles. The summed E-state index contributed by atoms with van der Waals surface area (Å²) >= 11 is 11.8. The first-order chi connectivity index (χ1) is 8.99. The van der Waals surface area contributed by atoms with Crippen molar-refractivity contribution in [2.75, 3.05) is 0 Å². The van der Waals surface area contributed by atoms with Gasteiger partial charge in [0.25, 0.3) is 0 Å². The zero-order chi connectivity index (χ0) is 14.0. The average Bonchev–Trinajstić information content (AvgIpc) is 2.35. The topological polar surface area (TPSA) is 9.23 Å². The Bertz CT molecular complexity index is 602. The van der Waals surface area contributed by atoms with E-state index in [9.17, 15) is 13.2 Å². The fourth-order valence-electron chi connectivity index (χ4n) is 1.60. The van der Waals surface area contributed by atoms with Gasteiger partial charge in [-0.1, -0.05) is 35.3 Å². The van der Waals surface area contributed by atoms with E-state index >= 15 is 0 Å². The second-order valence-electron chi connectivity index (χ2n) is 3.62. The lowest BCUT2D eigenvalue weighted by Crippen LogP contribution is -2.02. The highest BCUT2D eigenvalue weighted by Gasteiger charge is 2.13. The van der Waals surface area contributed by atoms with E-state index in [1.807, 2.05) is 0 Å². The Balaban J connectivity index is 2.51. The highest BCUT2D eigenvalue weighted by Crippen LogP contribution is 2.36. The molecule has 0 radical (unpaired) electrons. The van der Waals surface area contributed by atoms with Crippen molar-refractivity contribution in [2.24, 2.45) is 0 Å². The van der Waals surface area contributed by atoms with Gasteiger partial charge in [-0.05, 0) is 24.3 Å². The normalized spacial score (nSPS) is 10.8. The lowest BCUT2D eigenvalue weighted by Gasteiger charge is -2.10. The van der Waals surface area contributed by atoms with E-state index in [0.29, 0.717) is 5.56 Å². The minimum absolute atomic E-state index is 0.0469. The van der Waals surface area contributed by atoms with Crippen LogP contribution >= 0.6 is 23.2 Å². The van der Waals surface area contributed by atoms with Gasteiger partial charge in [0.15, 0.2) is 0 Å². The largest absolute Gasteiger partial charge is 0.435 e. The molecule has 0 fully saturated rings. The van der Waals surface area contributed by atoms with Gasteiger partial charge in [0.05, 0.1) is 10.0 Å². The molecule has 2 aromatic carbocycles. The lowest BCUT2D eigenvalue weighted by molar-refractivity contribution is -0.0498. The molecule has 0 heterocycles. The van der Waals surface area contributed by atoms with Crippen molar-refractivity contribution in [1.82, 2.24) is 0 Å². The smallest absolute Gasteiger partial charge is 0.387 e. The molecule has 19 heavy (non-hydrogen) atoms. The maximum absolute atomic E-state index is 13.8. The van der Waals surface area contributed by atoms with Crippen molar-refractivity contribution < 1.29 is 17.9 Å². The summed E-state index contributed by atoms with van der Waals surface area (Å²) in [5, 5.41) is 0.399. The van der Waals surface area contributed by atoms with Crippen LogP contribution in [0.3, 0.4) is 0 Å². The summed E-state index contributed by atoms with van der Waals surface area (Å²) in [7, 11) is 0. The van der Waals surface area contributed by atoms with Crippen molar-refractivity contribution >= 4 is 23.2 Å². The van der Waals surface area contributed by atoms with Gasteiger partial charge in [-0.3, -0.25) is 0 Å². The summed E-state index contributed by atoms with van der Waals surface area (Å²) < 4.78 is 42.3. The number of alkyl halides is 2. The zero-order valence-corrected chi connectivity index (χ0v) is 10.9. The molecule has 1 nitrogen and oxygen atoms in total. The van der Waals surface area contributed by atoms with Crippen molar-refractivity contribution in [3.8, 4) is 16.9 Å². The maximum Gasteiger partial charge on any atom is 0.387 e. The molecule has 0 aliphatic heterocycles. The van der Waals surface area contributed by atoms with Gasteiger partial charge in [0.1, 0.15) is 11.6 Å². The van der Waals surface area contributed by atoms with Crippen molar-refractivity contribution in [3.63, 3.8) is 0 Å². The van der Waals surface area contributed by atoms with E-state index in [2.05, 4.69) is 4.74 Å². The van der Waals surface area contributed by atoms with Crippen LogP contribution in [0.5, 0.6) is 5.75 Å². The lowest BCUT2D eigenvalue weighted by atomic mass is 10.0. The Hall–Kier alpha value is -1.39. The maximum atomic E-state index is 13.8. The Labute approximate surface area is 117 Å². The molecule has 0 aliphatic carbocycles. The molecule has 2 aromatic rings. The average molecular weight is 307 g/mol. The predicted octanol–water partition coefficient (Wildman–Crippen LogP) is 5.40. The third-order valence-corrected chi connectivity index (χ3v) is 3.22. The molecule has 0 saturated heterocycles. The van der Waals surface area contributed by atoms with Gasteiger partial charge in [-0.15, -0.1) is 0 Å². The van der Waals surface area contributed by atoms with E-state index in [0.717, 1.165) is 18.2 Å². The first kappa shape index (κ1) is 14.0. The van der Waals surface area contributed by atoms with Gasteiger partial charge >= 0.3 is 6.61 Å². The second kappa shape index (κ2) is 5.72. The Morgan fingerprint density at radius 2 is 1.74 bits per heavy atom. The summed E-state index contributed by atoms with van der Waals surface area (Å²) in [4.78, 5) is 0. The molecule has 0 atom stereocenters. The molecule has 0 unspecified atom stereocenters. The standard InChI is InChI=1S/C13H7Cl2F3O/c14-10-3-1-2-8(12(10)15)9-6-7(19-13(17)18)4-5-11(9)16/h1-6,13H. The van der Waals surface area contributed by atoms with Crippen LogP contribution in [0, 0.1) is 5.82 Å². The number of hydrogen-bond donors (Lipinski definition) is 0. The fraction of sp³-hybridized carbons (Fsp3) is 0.0769. The molecule has 0 aliphatic rings. The molecular formula is C13H7Cl2F3O. The Morgan fingerprint density at radius 1 is 1.00 bits per heavy atom. The minimum atomic E-state index is -2.98. The van der Waals surface area contributed by atoms with Gasteiger partial charge in [0.2, 0.25) is 0 Å². The van der Waals surface area contributed by atoms with Crippen LogP contribution in [0.1, 0.15) is 0 Å². The molecular weight excluding hydrogens is 300 g/mol. The molecule has 0 N–H and O–H groups in total. The van der Waals surface area contributed by atoms with Gasteiger partial charge in [-0.25, -0.2) is 4.39 Å². The highest BCUT2D eigenvalue weighted by molar-refractivity contribution is 6.43. The van der Waals surface area contributed by atoms with Crippen molar-refractivity contribution in [2.45, 2.75) is 6.61 Å². The second-order valence-corrected chi connectivity index (χ2v) is 4.41. The SMILES string of the molecule is Fc1ccc(OC(F)F)cc1-c1cccc(Cl)c1Cl. The van der Waals surface area contributed by atoms with Crippen molar-refractivity contribution in [3.05, 3.63) is 52.3 Å². The molecule has 0 saturated carbocycles. The third kappa shape index (κ3) is 3.14. The minimum Gasteiger partial charge on any atom is -0.435 e. The van der Waals surface area contributed by atoms with E-state index in [1.54, 1.807) is 18.2 Å². The highest BCUT2D eigenvalue weighted by atomic mass is 35.5. The summed E-state index contributed by atoms with van der Waals surface area (Å²) in [5.41, 5.74) is 0.358. The van der Waals surface area contributed by atoms with E-state index < -0.39 is 12.4 Å². The molecule has 6 heteroatoms. The quantitative estimate of drug-likeness (QED) is 0.737. The summed E-state index contributed by atoms with van der Waals surface area (Å²) in [5.74, 6) is -0.756. The Morgan fingerprint density at radius 3 is 2.42 bits per heavy atom. The zero-order valence-electron chi connectivity index (χ0n) is 9.34. The number of halogens is 5. The number of rotatable bonds is 3. The molecule has 0 bridgehead atoms. The van der Waals surface area contributed by atoms with Crippen LogP contribution in [0.2, 0.25) is 10.0 Å². The van der Waals surface area contributed by atoms with E-state index in [1.165, 1.54) is 0 Å². The monoisotopic (exact) mass is 306 g/mol. The fourth-order valence-corrected chi connectivity index (χ4v) is 2.00. The summed E-state index contributed by atoms with van der Waals surface area (Å²) in [6.07, 6.45) is 0. The van der Waals surface area contributed by atoms with Crippen LogP contribution in [-0.4, -0.2) is 6.61 Å².